The molecule has 4 nitrogen and oxygen atoms in total. The van der Waals surface area contributed by atoms with E-state index in [0.717, 1.165) is 0 Å². The Balaban J connectivity index is 0. The molecule has 0 heterocycles. The topological polar surface area (TPSA) is 120 Å². The summed E-state index contributed by atoms with van der Waals surface area (Å²) in [5.41, 5.74) is 0. The molecule has 0 saturated carbocycles. The van der Waals surface area contributed by atoms with Crippen LogP contribution in [0.5, 0.6) is 0 Å². The Morgan fingerprint density at radius 3 is 0.625 bits per heavy atom. The van der Waals surface area contributed by atoms with Crippen LogP contribution in [0.3, 0.4) is 0 Å². The predicted octanol–water partition coefficient (Wildman–Crippen LogP) is -0.717. The second-order valence-electron chi connectivity index (χ2n) is 0. The van der Waals surface area contributed by atoms with Crippen LogP contribution in [0.15, 0.2) is 0 Å². The molecule has 0 aliphatic heterocycles. The predicted molar refractivity (Wildman–Crippen MR) is 7.74 cm³/mol. The maximum Gasteiger partial charge on any atom is 4.00 e. The number of rotatable bonds is 0. The quantitative estimate of drug-likeness (QED) is 0.406. The Hall–Kier alpha value is 2.75. The molecule has 0 saturated heterocycles. The first-order chi connectivity index (χ1) is 0. The monoisotopic (exact) mass is 503 g/mol. The van der Waals surface area contributed by atoms with Crippen molar-refractivity contribution in [3.8, 4) is 0 Å². The van der Waals surface area contributed by atoms with Gasteiger partial charge in [-0.05, 0) is 0 Å². The van der Waals surface area contributed by atoms with Gasteiger partial charge in [0.05, 0.1) is 0 Å². The summed E-state index contributed by atoms with van der Waals surface area (Å²) < 4.78 is 0. The van der Waals surface area contributed by atoms with Gasteiger partial charge >= 0.3 is 26.2 Å². The van der Waals surface area contributed by atoms with Gasteiger partial charge < -0.3 is 21.9 Å². The first-order valence-corrected chi connectivity index (χ1v) is 0. The molecular weight excluding hydrogens is 499 g/mol. The molecule has 54 valence electrons. The average molecular weight is 503 g/mol. The van der Waals surface area contributed by atoms with Crippen LogP contribution in [-0.2, 0) is 88.5 Å². The van der Waals surface area contributed by atoms with E-state index in [1.54, 1.807) is 0 Å². The van der Waals surface area contributed by atoms with Gasteiger partial charge in [0, 0.05) is 62.3 Å². The van der Waals surface area contributed by atoms with Crippen molar-refractivity contribution in [3.05, 3.63) is 0 Å². The van der Waals surface area contributed by atoms with E-state index in [0.29, 0.717) is 0 Å². The molecule has 0 aromatic heterocycles. The van der Waals surface area contributed by atoms with Gasteiger partial charge in [-0.3, -0.25) is 0 Å². The molecule has 0 fully saturated rings. The Morgan fingerprint density at radius 2 is 0.625 bits per heavy atom. The van der Waals surface area contributed by atoms with Crippen molar-refractivity contribution in [1.82, 2.24) is 0 Å². The molecule has 0 rings (SSSR count). The summed E-state index contributed by atoms with van der Waals surface area (Å²) in [7, 11) is 0. The Kier molecular flexibility index (Phi) is 1670. The van der Waals surface area contributed by atoms with Gasteiger partial charge in [0.25, 0.3) is 0 Å². The molecule has 8 heavy (non-hydrogen) atoms. The van der Waals surface area contributed by atoms with Crippen molar-refractivity contribution in [2.75, 3.05) is 0 Å². The van der Waals surface area contributed by atoms with Gasteiger partial charge in [-0.25, -0.2) is 0 Å². The fourth-order valence-corrected chi connectivity index (χ4v) is 0. The Labute approximate surface area is 109 Å². The fraction of sp³-hybridized carbons (Fsp3) is 0. The molecule has 0 amide bonds. The minimum atomic E-state index is 0. The summed E-state index contributed by atoms with van der Waals surface area (Å²) in [5.74, 6) is 0. The fourth-order valence-electron chi connectivity index (χ4n) is 0. The molecule has 0 aliphatic carbocycles. The molecule has 0 aliphatic rings. The van der Waals surface area contributed by atoms with Crippen LogP contribution >= 0.6 is 0 Å². The summed E-state index contributed by atoms with van der Waals surface area (Å²) in [4.78, 5) is 0. The van der Waals surface area contributed by atoms with E-state index in [-0.39, 0.29) is 110 Å². The summed E-state index contributed by atoms with van der Waals surface area (Å²) in [6, 6.07) is 0. The second kappa shape index (κ2) is 98.7. The van der Waals surface area contributed by atoms with E-state index in [2.05, 4.69) is 0 Å². The zero-order valence-electron chi connectivity index (χ0n) is 3.46. The summed E-state index contributed by atoms with van der Waals surface area (Å²) >= 11 is 0. The molecule has 0 radical (unpaired) electrons. The van der Waals surface area contributed by atoms with Gasteiger partial charge in [-0.1, -0.05) is 0 Å². The smallest absolute Gasteiger partial charge is 0.870 e. The zero-order valence-corrected chi connectivity index (χ0v) is 11.5. The van der Waals surface area contributed by atoms with Gasteiger partial charge in [0.1, 0.15) is 0 Å². The molecule has 0 unspecified atom stereocenters. The van der Waals surface area contributed by atoms with Crippen LogP contribution in [0.4, 0.5) is 0 Å². The summed E-state index contributed by atoms with van der Waals surface area (Å²) in [6.07, 6.45) is 0. The van der Waals surface area contributed by atoms with Crippen molar-refractivity contribution in [1.29, 1.82) is 0 Å². The Bertz CT molecular complexity index is 16.0. The summed E-state index contributed by atoms with van der Waals surface area (Å²) in [5, 5.41) is 0. The minimum Gasteiger partial charge on any atom is -0.870 e. The number of hydrogen-bond acceptors (Lipinski definition) is 4. The Morgan fingerprint density at radius 1 is 0.625 bits per heavy atom. The molecule has 0 spiro atoms. The third-order valence-corrected chi connectivity index (χ3v) is 0. The standard InChI is InChI=1S/4H2O.Pt.Ru.Ti.Zr/h4*1H2;;;;/q;;;;;;;+4/p-4. The van der Waals surface area contributed by atoms with E-state index >= 15 is 0 Å². The average Bonchev–Trinajstić information content (AvgIpc) is 0. The first kappa shape index (κ1) is 135. The minimum absolute atomic E-state index is 0. The van der Waals surface area contributed by atoms with Gasteiger partial charge in [-0.15, -0.1) is 0 Å². The zero-order chi connectivity index (χ0) is 0. The van der Waals surface area contributed by atoms with Crippen molar-refractivity contribution in [2.45, 2.75) is 0 Å². The van der Waals surface area contributed by atoms with Gasteiger partial charge in [0.15, 0.2) is 0 Å². The third kappa shape index (κ3) is 69.5. The summed E-state index contributed by atoms with van der Waals surface area (Å²) in [6.45, 7) is 0. The van der Waals surface area contributed by atoms with Crippen LogP contribution in [0.25, 0.3) is 0 Å². The maximum atomic E-state index is 0. The van der Waals surface area contributed by atoms with Crippen molar-refractivity contribution in [2.24, 2.45) is 0 Å². The van der Waals surface area contributed by atoms with Gasteiger partial charge in [0.2, 0.25) is 0 Å². The maximum absolute atomic E-state index is 0. The molecule has 8 heteroatoms. The third-order valence-electron chi connectivity index (χ3n) is 0. The molecular formula is H4O4PtRuTiZr. The van der Waals surface area contributed by atoms with E-state index in [4.69, 9.17) is 0 Å². The molecule has 0 bridgehead atoms. The van der Waals surface area contributed by atoms with Crippen molar-refractivity contribution >= 4 is 0 Å². The van der Waals surface area contributed by atoms with Crippen molar-refractivity contribution in [3.63, 3.8) is 0 Å². The van der Waals surface area contributed by atoms with Crippen LogP contribution in [0.1, 0.15) is 0 Å². The molecule has 0 atom stereocenters. The van der Waals surface area contributed by atoms with Crippen LogP contribution in [0.2, 0.25) is 0 Å². The van der Waals surface area contributed by atoms with E-state index in [1.165, 1.54) is 0 Å². The molecule has 0 aromatic rings. The SMILES string of the molecule is [OH-].[OH-].[OH-].[OH-].[Pt].[Ru].[Ti].[Zr+4]. The molecule has 0 aromatic carbocycles. The van der Waals surface area contributed by atoms with E-state index < -0.39 is 0 Å². The molecule has 4 N–H and O–H groups in total. The van der Waals surface area contributed by atoms with Crippen LogP contribution < -0.4 is 0 Å². The normalized spacial score (nSPS) is 0. The van der Waals surface area contributed by atoms with E-state index in [1.807, 2.05) is 0 Å². The van der Waals surface area contributed by atoms with Crippen LogP contribution in [0, 0.1) is 0 Å². The number of hydrogen-bond donors (Lipinski definition) is 0. The van der Waals surface area contributed by atoms with Gasteiger partial charge in [-0.2, -0.15) is 0 Å². The first-order valence-electron chi connectivity index (χ1n) is 0. The van der Waals surface area contributed by atoms with Crippen LogP contribution in [-0.4, -0.2) is 21.9 Å². The largest absolute Gasteiger partial charge is 4.00 e. The van der Waals surface area contributed by atoms with Crippen molar-refractivity contribution < 1.29 is 110 Å². The second-order valence-corrected chi connectivity index (χ2v) is 0. The van der Waals surface area contributed by atoms with E-state index in [9.17, 15) is 0 Å².